The molecule has 0 spiro atoms. The maximum absolute atomic E-state index is 12.1. The first-order chi connectivity index (χ1) is 11.5. The van der Waals surface area contributed by atoms with Crippen LogP contribution in [0.1, 0.15) is 26.2 Å². The normalized spacial score (nSPS) is 15.2. The molecule has 2 heterocycles. The first-order valence-electron chi connectivity index (χ1n) is 7.92. The molecule has 1 fully saturated rings. The van der Waals surface area contributed by atoms with Gasteiger partial charge >= 0.3 is 0 Å². The molecule has 132 valence electrons. The summed E-state index contributed by atoms with van der Waals surface area (Å²) in [5.74, 6) is 0.793. The van der Waals surface area contributed by atoms with Gasteiger partial charge < -0.3 is 15.5 Å². The van der Waals surface area contributed by atoms with Crippen LogP contribution in [0.5, 0.6) is 0 Å². The van der Waals surface area contributed by atoms with Crippen LogP contribution in [-0.2, 0) is 9.59 Å². The summed E-state index contributed by atoms with van der Waals surface area (Å²) in [6.45, 7) is 4.15. The van der Waals surface area contributed by atoms with E-state index in [-0.39, 0.29) is 23.0 Å². The Morgan fingerprint density at radius 1 is 1.38 bits per heavy atom. The van der Waals surface area contributed by atoms with E-state index in [1.807, 2.05) is 0 Å². The maximum Gasteiger partial charge on any atom is 0.224 e. The van der Waals surface area contributed by atoms with E-state index < -0.39 is 0 Å². The van der Waals surface area contributed by atoms with Crippen molar-refractivity contribution in [1.82, 2.24) is 20.2 Å². The molecule has 1 aliphatic heterocycles. The second-order valence-electron chi connectivity index (χ2n) is 5.69. The molecule has 1 saturated heterocycles. The molecule has 2 rings (SSSR count). The van der Waals surface area contributed by atoms with Crippen LogP contribution < -0.4 is 10.6 Å². The Morgan fingerprint density at radius 2 is 2.08 bits per heavy atom. The molecule has 24 heavy (non-hydrogen) atoms. The van der Waals surface area contributed by atoms with Crippen molar-refractivity contribution in [2.24, 2.45) is 5.92 Å². The van der Waals surface area contributed by atoms with Crippen LogP contribution in [0.25, 0.3) is 0 Å². The van der Waals surface area contributed by atoms with E-state index in [0.717, 1.165) is 23.7 Å². The third-order valence-corrected chi connectivity index (χ3v) is 4.73. The van der Waals surface area contributed by atoms with Crippen molar-refractivity contribution < 1.29 is 9.59 Å². The van der Waals surface area contributed by atoms with Crippen LogP contribution in [0, 0.1) is 5.92 Å². The molecule has 1 aliphatic rings. The number of amides is 2. The van der Waals surface area contributed by atoms with E-state index in [1.54, 1.807) is 18.0 Å². The zero-order valence-electron chi connectivity index (χ0n) is 13.5. The predicted octanol–water partition coefficient (Wildman–Crippen LogP) is 2.07. The van der Waals surface area contributed by atoms with E-state index in [0.29, 0.717) is 32.0 Å². The minimum atomic E-state index is 0.00312. The number of nitrogens with zero attached hydrogens (tertiary/aromatic N) is 3. The summed E-state index contributed by atoms with van der Waals surface area (Å²) in [6.07, 6.45) is 3.82. The van der Waals surface area contributed by atoms with Crippen molar-refractivity contribution in [3.05, 3.63) is 16.0 Å². The summed E-state index contributed by atoms with van der Waals surface area (Å²) in [5, 5.41) is 6.29. The topological polar surface area (TPSA) is 87.2 Å². The van der Waals surface area contributed by atoms with Crippen molar-refractivity contribution in [2.45, 2.75) is 26.2 Å². The molecular weight excluding hydrogens is 398 g/mol. The highest BCUT2D eigenvalue weighted by atomic mass is 79.9. The van der Waals surface area contributed by atoms with Gasteiger partial charge in [-0.15, -0.1) is 0 Å². The fraction of sp³-hybridized carbons (Fsp3) is 0.600. The molecule has 1 aromatic rings. The van der Waals surface area contributed by atoms with Crippen molar-refractivity contribution in [1.29, 1.82) is 0 Å². The van der Waals surface area contributed by atoms with Crippen molar-refractivity contribution in [2.75, 3.05) is 31.5 Å². The number of aromatic nitrogens is 2. The van der Waals surface area contributed by atoms with Gasteiger partial charge in [0.05, 0.1) is 4.47 Å². The van der Waals surface area contributed by atoms with Crippen LogP contribution in [0.3, 0.4) is 0 Å². The van der Waals surface area contributed by atoms with Gasteiger partial charge in [0.1, 0.15) is 5.82 Å². The van der Waals surface area contributed by atoms with Gasteiger partial charge in [-0.1, -0.05) is 0 Å². The Labute approximate surface area is 154 Å². The molecule has 0 aromatic carbocycles. The molecule has 7 nitrogen and oxygen atoms in total. The highest BCUT2D eigenvalue weighted by molar-refractivity contribution is 9.10. The van der Waals surface area contributed by atoms with Crippen molar-refractivity contribution in [3.8, 4) is 0 Å². The maximum atomic E-state index is 12.1. The quantitative estimate of drug-likeness (QED) is 0.545. The minimum Gasteiger partial charge on any atom is -0.369 e. The number of anilines is 1. The summed E-state index contributed by atoms with van der Waals surface area (Å²) >= 11 is 9.10. The Kier molecular flexibility index (Phi) is 7.23. The summed E-state index contributed by atoms with van der Waals surface area (Å²) in [6, 6.07) is 0. The lowest BCUT2D eigenvalue weighted by molar-refractivity contribution is -0.133. The van der Waals surface area contributed by atoms with E-state index in [2.05, 4.69) is 36.5 Å². The van der Waals surface area contributed by atoms with Crippen LogP contribution >= 0.6 is 27.5 Å². The number of hydrogen-bond donors (Lipinski definition) is 2. The number of carbonyl (C=O) groups is 2. The van der Waals surface area contributed by atoms with Gasteiger partial charge in [-0.05, 0) is 46.8 Å². The number of halogens is 2. The van der Waals surface area contributed by atoms with Gasteiger partial charge in [-0.2, -0.15) is 4.98 Å². The Bertz CT molecular complexity index is 593. The van der Waals surface area contributed by atoms with E-state index >= 15 is 0 Å². The fourth-order valence-electron chi connectivity index (χ4n) is 2.58. The number of rotatable bonds is 6. The third-order valence-electron chi connectivity index (χ3n) is 3.97. The molecule has 0 atom stereocenters. The third kappa shape index (κ3) is 5.59. The smallest absolute Gasteiger partial charge is 0.224 e. The molecule has 0 aliphatic carbocycles. The average Bonchev–Trinajstić information content (AvgIpc) is 2.57. The van der Waals surface area contributed by atoms with Crippen LogP contribution in [0.2, 0.25) is 5.28 Å². The predicted molar refractivity (Wildman–Crippen MR) is 95.8 cm³/mol. The van der Waals surface area contributed by atoms with Crippen LogP contribution in [0.15, 0.2) is 10.7 Å². The van der Waals surface area contributed by atoms with Gasteiger partial charge in [0.25, 0.3) is 0 Å². The summed E-state index contributed by atoms with van der Waals surface area (Å²) in [5.41, 5.74) is 0. The zero-order valence-corrected chi connectivity index (χ0v) is 15.9. The van der Waals surface area contributed by atoms with E-state index in [1.165, 1.54) is 0 Å². The Balaban J connectivity index is 1.63. The van der Waals surface area contributed by atoms with E-state index in [9.17, 15) is 9.59 Å². The monoisotopic (exact) mass is 417 g/mol. The first-order valence-corrected chi connectivity index (χ1v) is 9.09. The molecule has 0 radical (unpaired) electrons. The standard InChI is InChI=1S/C15H21BrClN5O2/c1-10(23)22-7-3-11(4-8-22)14(24)19-6-2-5-18-13-12(16)9-20-15(17)21-13/h9,11H,2-8H2,1H3,(H,19,24)(H,18,20,21). The second kappa shape index (κ2) is 9.17. The molecule has 1 aromatic heterocycles. The molecule has 0 bridgehead atoms. The molecule has 9 heteroatoms. The number of likely N-dealkylation sites (tertiary alicyclic amines) is 1. The Hall–Kier alpha value is -1.41. The summed E-state index contributed by atoms with van der Waals surface area (Å²) in [4.78, 5) is 33.1. The second-order valence-corrected chi connectivity index (χ2v) is 6.88. The van der Waals surface area contributed by atoms with Gasteiger partial charge in [0, 0.05) is 45.2 Å². The van der Waals surface area contributed by atoms with Crippen molar-refractivity contribution >= 4 is 45.2 Å². The number of hydrogen-bond acceptors (Lipinski definition) is 5. The van der Waals surface area contributed by atoms with Gasteiger partial charge in [-0.3, -0.25) is 9.59 Å². The lowest BCUT2D eigenvalue weighted by Gasteiger charge is -2.30. The van der Waals surface area contributed by atoms with E-state index in [4.69, 9.17) is 11.6 Å². The average molecular weight is 419 g/mol. The molecule has 2 amide bonds. The van der Waals surface area contributed by atoms with Gasteiger partial charge in [0.15, 0.2) is 0 Å². The highest BCUT2D eigenvalue weighted by Crippen LogP contribution is 2.20. The lowest BCUT2D eigenvalue weighted by Crippen LogP contribution is -2.42. The van der Waals surface area contributed by atoms with Gasteiger partial charge in [0.2, 0.25) is 17.1 Å². The SMILES string of the molecule is CC(=O)N1CCC(C(=O)NCCCNc2nc(Cl)ncc2Br)CC1. The minimum absolute atomic E-state index is 0.00312. The zero-order chi connectivity index (χ0) is 17.5. The summed E-state index contributed by atoms with van der Waals surface area (Å²) < 4.78 is 0.744. The van der Waals surface area contributed by atoms with Gasteiger partial charge in [-0.25, -0.2) is 4.98 Å². The molecular formula is C15H21BrClN5O2. The molecule has 2 N–H and O–H groups in total. The summed E-state index contributed by atoms with van der Waals surface area (Å²) in [7, 11) is 0. The molecule has 0 unspecified atom stereocenters. The van der Waals surface area contributed by atoms with Crippen molar-refractivity contribution in [3.63, 3.8) is 0 Å². The first kappa shape index (κ1) is 18.9. The van der Waals surface area contributed by atoms with Crippen LogP contribution in [0.4, 0.5) is 5.82 Å². The number of piperidine rings is 1. The number of carbonyl (C=O) groups excluding carboxylic acids is 2. The largest absolute Gasteiger partial charge is 0.369 e. The highest BCUT2D eigenvalue weighted by Gasteiger charge is 2.25. The number of nitrogens with one attached hydrogen (secondary N) is 2. The fourth-order valence-corrected chi connectivity index (χ4v) is 3.04. The Morgan fingerprint density at radius 3 is 2.75 bits per heavy atom. The lowest BCUT2D eigenvalue weighted by atomic mass is 9.96. The molecule has 0 saturated carbocycles. The van der Waals surface area contributed by atoms with Crippen LogP contribution in [-0.4, -0.2) is 52.9 Å².